The van der Waals surface area contributed by atoms with E-state index < -0.39 is 10.0 Å². The molecule has 2 aromatic carbocycles. The van der Waals surface area contributed by atoms with Gasteiger partial charge < -0.3 is 5.32 Å². The van der Waals surface area contributed by atoms with E-state index in [9.17, 15) is 13.2 Å². The van der Waals surface area contributed by atoms with Crippen LogP contribution in [0, 0.1) is 0 Å². The number of hydrogen-bond acceptors (Lipinski definition) is 3. The smallest absolute Gasteiger partial charge is 0.251 e. The van der Waals surface area contributed by atoms with Gasteiger partial charge in [0.25, 0.3) is 5.91 Å². The van der Waals surface area contributed by atoms with Gasteiger partial charge in [-0.3, -0.25) is 9.10 Å². The van der Waals surface area contributed by atoms with Crippen LogP contribution in [-0.4, -0.2) is 27.6 Å². The standard InChI is InChI=1S/C18H19ClN2O3S/c1-21(25(2,23)24)15-7-3-12(4-8-15)18(22)20-17-10-5-13-11-14(19)6-9-16(13)17/h3-4,6-9,11,17H,5,10H2,1-2H3,(H,20,22). The molecule has 0 saturated carbocycles. The first-order valence-electron chi connectivity index (χ1n) is 7.89. The molecular formula is C18H19ClN2O3S. The summed E-state index contributed by atoms with van der Waals surface area (Å²) in [7, 11) is -1.85. The number of rotatable bonds is 4. The molecule has 1 unspecified atom stereocenters. The zero-order valence-corrected chi connectivity index (χ0v) is 15.6. The lowest BCUT2D eigenvalue weighted by Gasteiger charge is -2.17. The SMILES string of the molecule is CN(c1ccc(C(=O)NC2CCc3cc(Cl)ccc32)cc1)S(C)(=O)=O. The molecule has 1 N–H and O–H groups in total. The zero-order valence-electron chi connectivity index (χ0n) is 14.0. The number of carbonyl (C=O) groups is 1. The predicted molar refractivity (Wildman–Crippen MR) is 99.7 cm³/mol. The first-order chi connectivity index (χ1) is 11.8. The molecule has 0 saturated heterocycles. The van der Waals surface area contributed by atoms with E-state index in [1.807, 2.05) is 18.2 Å². The molecule has 0 aromatic heterocycles. The molecule has 1 aliphatic rings. The van der Waals surface area contributed by atoms with Gasteiger partial charge in [0, 0.05) is 17.6 Å². The van der Waals surface area contributed by atoms with Gasteiger partial charge in [0.2, 0.25) is 10.0 Å². The molecule has 0 spiro atoms. The number of halogens is 1. The maximum atomic E-state index is 12.5. The molecule has 0 fully saturated rings. The van der Waals surface area contributed by atoms with E-state index in [2.05, 4.69) is 5.32 Å². The number of nitrogens with zero attached hydrogens (tertiary/aromatic N) is 1. The topological polar surface area (TPSA) is 66.5 Å². The van der Waals surface area contributed by atoms with E-state index in [0.717, 1.165) is 24.7 Å². The summed E-state index contributed by atoms with van der Waals surface area (Å²) in [5, 5.41) is 3.74. The van der Waals surface area contributed by atoms with Crippen molar-refractivity contribution in [2.45, 2.75) is 18.9 Å². The van der Waals surface area contributed by atoms with Crippen LogP contribution in [0.25, 0.3) is 0 Å². The molecule has 3 rings (SSSR count). The van der Waals surface area contributed by atoms with Crippen molar-refractivity contribution >= 4 is 33.2 Å². The highest BCUT2D eigenvalue weighted by molar-refractivity contribution is 7.92. The van der Waals surface area contributed by atoms with Gasteiger partial charge in [-0.2, -0.15) is 0 Å². The molecule has 7 heteroatoms. The summed E-state index contributed by atoms with van der Waals surface area (Å²) >= 11 is 6.01. The first-order valence-corrected chi connectivity index (χ1v) is 10.1. The summed E-state index contributed by atoms with van der Waals surface area (Å²) in [6, 6.07) is 12.2. The van der Waals surface area contributed by atoms with Crippen molar-refractivity contribution in [3.63, 3.8) is 0 Å². The average molecular weight is 379 g/mol. The van der Waals surface area contributed by atoms with Crippen LogP contribution >= 0.6 is 11.6 Å². The van der Waals surface area contributed by atoms with Gasteiger partial charge in [-0.25, -0.2) is 8.42 Å². The van der Waals surface area contributed by atoms with Crippen molar-refractivity contribution in [3.05, 3.63) is 64.2 Å². The Bertz CT molecular complexity index is 910. The summed E-state index contributed by atoms with van der Waals surface area (Å²) in [5.41, 5.74) is 3.28. The van der Waals surface area contributed by atoms with Crippen LogP contribution in [0.3, 0.4) is 0 Å². The second kappa shape index (κ2) is 6.69. The van der Waals surface area contributed by atoms with Gasteiger partial charge in [-0.05, 0) is 60.4 Å². The van der Waals surface area contributed by atoms with E-state index in [-0.39, 0.29) is 11.9 Å². The Morgan fingerprint density at radius 3 is 2.52 bits per heavy atom. The number of sulfonamides is 1. The van der Waals surface area contributed by atoms with E-state index in [1.165, 1.54) is 16.9 Å². The number of aryl methyl sites for hydroxylation is 1. The molecule has 25 heavy (non-hydrogen) atoms. The van der Waals surface area contributed by atoms with Crippen molar-refractivity contribution in [2.75, 3.05) is 17.6 Å². The Labute approximate surface area is 152 Å². The molecule has 132 valence electrons. The van der Waals surface area contributed by atoms with E-state index in [1.54, 1.807) is 24.3 Å². The van der Waals surface area contributed by atoms with Gasteiger partial charge in [-0.1, -0.05) is 17.7 Å². The average Bonchev–Trinajstić information content (AvgIpc) is 2.95. The summed E-state index contributed by atoms with van der Waals surface area (Å²) in [5.74, 6) is -0.179. The number of benzene rings is 2. The molecule has 1 atom stereocenters. The molecule has 0 heterocycles. The lowest BCUT2D eigenvalue weighted by molar-refractivity contribution is 0.0936. The summed E-state index contributed by atoms with van der Waals surface area (Å²) in [6.07, 6.45) is 2.87. The van der Waals surface area contributed by atoms with Crippen LogP contribution in [0.2, 0.25) is 5.02 Å². The molecule has 0 aliphatic heterocycles. The van der Waals surface area contributed by atoms with Gasteiger partial charge in [0.15, 0.2) is 0 Å². The van der Waals surface area contributed by atoms with Crippen molar-refractivity contribution in [2.24, 2.45) is 0 Å². The Kier molecular flexibility index (Phi) is 4.75. The molecule has 5 nitrogen and oxygen atoms in total. The maximum Gasteiger partial charge on any atom is 0.251 e. The van der Waals surface area contributed by atoms with E-state index in [4.69, 9.17) is 11.6 Å². The lowest BCUT2D eigenvalue weighted by atomic mass is 10.1. The maximum absolute atomic E-state index is 12.5. The van der Waals surface area contributed by atoms with Crippen LogP contribution in [0.15, 0.2) is 42.5 Å². The van der Waals surface area contributed by atoms with Crippen molar-refractivity contribution in [1.29, 1.82) is 0 Å². The minimum atomic E-state index is -3.32. The fourth-order valence-corrected chi connectivity index (χ4v) is 3.69. The number of amides is 1. The molecular weight excluding hydrogens is 360 g/mol. The van der Waals surface area contributed by atoms with E-state index >= 15 is 0 Å². The quantitative estimate of drug-likeness (QED) is 0.888. The monoisotopic (exact) mass is 378 g/mol. The van der Waals surface area contributed by atoms with Gasteiger partial charge in [0.1, 0.15) is 0 Å². The normalized spacial score (nSPS) is 16.4. The van der Waals surface area contributed by atoms with Gasteiger partial charge in [0.05, 0.1) is 18.0 Å². The van der Waals surface area contributed by atoms with Crippen molar-refractivity contribution < 1.29 is 13.2 Å². The summed E-state index contributed by atoms with van der Waals surface area (Å²) < 4.78 is 24.3. The highest BCUT2D eigenvalue weighted by Gasteiger charge is 2.24. The van der Waals surface area contributed by atoms with Crippen molar-refractivity contribution in [3.8, 4) is 0 Å². The van der Waals surface area contributed by atoms with Crippen molar-refractivity contribution in [1.82, 2.24) is 5.32 Å². The highest BCUT2D eigenvalue weighted by Crippen LogP contribution is 2.33. The Hall–Kier alpha value is -2.05. The second-order valence-electron chi connectivity index (χ2n) is 6.19. The van der Waals surface area contributed by atoms with E-state index in [0.29, 0.717) is 16.3 Å². The van der Waals surface area contributed by atoms with Crippen LogP contribution < -0.4 is 9.62 Å². The Morgan fingerprint density at radius 1 is 1.20 bits per heavy atom. The molecule has 1 amide bonds. The van der Waals surface area contributed by atoms with Crippen LogP contribution in [0.5, 0.6) is 0 Å². The number of anilines is 1. The van der Waals surface area contributed by atoms with Crippen LogP contribution in [0.4, 0.5) is 5.69 Å². The third kappa shape index (κ3) is 3.80. The Balaban J connectivity index is 1.73. The van der Waals surface area contributed by atoms with Gasteiger partial charge >= 0.3 is 0 Å². The second-order valence-corrected chi connectivity index (χ2v) is 8.64. The lowest BCUT2D eigenvalue weighted by Crippen LogP contribution is -2.27. The number of carbonyl (C=O) groups excluding carboxylic acids is 1. The minimum absolute atomic E-state index is 0.0295. The molecule has 1 aliphatic carbocycles. The van der Waals surface area contributed by atoms with Crippen LogP contribution in [0.1, 0.15) is 33.9 Å². The summed E-state index contributed by atoms with van der Waals surface area (Å²) in [6.45, 7) is 0. The predicted octanol–water partition coefficient (Wildman–Crippen LogP) is 3.15. The first kappa shape index (κ1) is 17.8. The summed E-state index contributed by atoms with van der Waals surface area (Å²) in [4.78, 5) is 12.5. The third-order valence-electron chi connectivity index (χ3n) is 4.48. The highest BCUT2D eigenvalue weighted by atomic mass is 35.5. The number of nitrogens with one attached hydrogen (secondary N) is 1. The molecule has 0 radical (unpaired) electrons. The third-order valence-corrected chi connectivity index (χ3v) is 5.92. The minimum Gasteiger partial charge on any atom is -0.345 e. The Morgan fingerprint density at radius 2 is 1.88 bits per heavy atom. The van der Waals surface area contributed by atoms with Gasteiger partial charge in [-0.15, -0.1) is 0 Å². The number of hydrogen-bond donors (Lipinski definition) is 1. The number of fused-ring (bicyclic) bond motifs is 1. The molecule has 2 aromatic rings. The fourth-order valence-electron chi connectivity index (χ4n) is 2.99. The fraction of sp³-hybridized carbons (Fsp3) is 0.278. The largest absolute Gasteiger partial charge is 0.345 e. The zero-order chi connectivity index (χ0) is 18.2. The van der Waals surface area contributed by atoms with Crippen LogP contribution in [-0.2, 0) is 16.4 Å². The molecule has 0 bridgehead atoms.